The second-order valence-electron chi connectivity index (χ2n) is 5.44. The van der Waals surface area contributed by atoms with E-state index in [1.54, 1.807) is 12.2 Å². The van der Waals surface area contributed by atoms with Gasteiger partial charge in [0.15, 0.2) is 0 Å². The first-order chi connectivity index (χ1) is 10.4. The van der Waals surface area contributed by atoms with Gasteiger partial charge in [-0.25, -0.2) is 0 Å². The summed E-state index contributed by atoms with van der Waals surface area (Å²) in [6.45, 7) is 13.8. The Balaban J connectivity index is 2.99. The van der Waals surface area contributed by atoms with Gasteiger partial charge in [-0.15, -0.1) is 13.2 Å². The van der Waals surface area contributed by atoms with E-state index in [0.29, 0.717) is 18.8 Å². The third kappa shape index (κ3) is 4.32. The molecule has 0 aliphatic rings. The van der Waals surface area contributed by atoms with E-state index in [1.807, 2.05) is 39.0 Å². The topological polar surface area (TPSA) is 49.4 Å². The largest absolute Gasteiger partial charge is 0.327 e. The van der Waals surface area contributed by atoms with Crippen molar-refractivity contribution in [2.75, 3.05) is 18.4 Å². The molecule has 1 aromatic carbocycles. The third-order valence-corrected chi connectivity index (χ3v) is 3.35. The number of anilines is 1. The van der Waals surface area contributed by atoms with Crippen molar-refractivity contribution in [1.82, 2.24) is 4.90 Å². The molecular formula is C18H24N2O2. The summed E-state index contributed by atoms with van der Waals surface area (Å²) in [6.07, 6.45) is 3.17. The summed E-state index contributed by atoms with van der Waals surface area (Å²) in [5.74, 6) is -0.972. The molecule has 1 rings (SSSR count). The highest BCUT2D eigenvalue weighted by molar-refractivity contribution is 6.39. The molecule has 0 aliphatic carbocycles. The number of benzene rings is 1. The summed E-state index contributed by atoms with van der Waals surface area (Å²) >= 11 is 0. The molecule has 0 unspecified atom stereocenters. The molecule has 0 fully saturated rings. The molecule has 0 radical (unpaired) electrons. The second-order valence-corrected chi connectivity index (χ2v) is 5.44. The van der Waals surface area contributed by atoms with Gasteiger partial charge in [-0.1, -0.05) is 44.2 Å². The van der Waals surface area contributed by atoms with Gasteiger partial charge in [-0.2, -0.15) is 0 Å². The number of carbonyl (C=O) groups is 2. The molecule has 2 amide bonds. The summed E-state index contributed by atoms with van der Waals surface area (Å²) in [5.41, 5.74) is 2.67. The van der Waals surface area contributed by atoms with Crippen LogP contribution in [-0.4, -0.2) is 29.8 Å². The lowest BCUT2D eigenvalue weighted by Crippen LogP contribution is -2.40. The minimum absolute atomic E-state index is 0.253. The van der Waals surface area contributed by atoms with Crippen LogP contribution in [0.15, 0.2) is 43.5 Å². The average molecular weight is 300 g/mol. The van der Waals surface area contributed by atoms with Crippen LogP contribution < -0.4 is 5.32 Å². The molecule has 0 aromatic heterocycles. The van der Waals surface area contributed by atoms with Crippen molar-refractivity contribution in [3.63, 3.8) is 0 Å². The lowest BCUT2D eigenvalue weighted by molar-refractivity contribution is -0.142. The number of aryl methyl sites for hydroxylation is 1. The van der Waals surface area contributed by atoms with Crippen molar-refractivity contribution in [3.05, 3.63) is 54.6 Å². The quantitative estimate of drug-likeness (QED) is 0.647. The summed E-state index contributed by atoms with van der Waals surface area (Å²) in [6, 6.07) is 5.82. The number of para-hydroxylation sites is 1. The number of nitrogens with zero attached hydrogens (tertiary/aromatic N) is 1. The van der Waals surface area contributed by atoms with E-state index < -0.39 is 11.8 Å². The average Bonchev–Trinajstić information content (AvgIpc) is 2.48. The molecular weight excluding hydrogens is 276 g/mol. The normalized spacial score (nSPS) is 10.2. The Hall–Kier alpha value is -2.36. The fraction of sp³-hybridized carbons (Fsp3) is 0.333. The van der Waals surface area contributed by atoms with E-state index in [4.69, 9.17) is 0 Å². The van der Waals surface area contributed by atoms with Crippen LogP contribution in [0, 0.1) is 6.92 Å². The highest BCUT2D eigenvalue weighted by Gasteiger charge is 2.22. The van der Waals surface area contributed by atoms with E-state index in [-0.39, 0.29) is 5.92 Å². The zero-order chi connectivity index (χ0) is 16.7. The third-order valence-electron chi connectivity index (χ3n) is 3.35. The standard InChI is InChI=1S/C18H24N2O2/c1-6-11-20(12-7-2)18(22)17(21)19-16-14(5)9-8-10-15(16)13(3)4/h6-10,13H,1-2,11-12H2,3-5H3,(H,19,21). The lowest BCUT2D eigenvalue weighted by Gasteiger charge is -2.20. The number of amides is 2. The van der Waals surface area contributed by atoms with Crippen molar-refractivity contribution >= 4 is 17.5 Å². The minimum atomic E-state index is -0.639. The van der Waals surface area contributed by atoms with E-state index in [9.17, 15) is 9.59 Å². The lowest BCUT2D eigenvalue weighted by atomic mass is 9.98. The minimum Gasteiger partial charge on any atom is -0.327 e. The van der Waals surface area contributed by atoms with Crippen molar-refractivity contribution in [2.45, 2.75) is 26.7 Å². The Kier molecular flexibility index (Phi) is 6.57. The van der Waals surface area contributed by atoms with Gasteiger partial charge in [-0.3, -0.25) is 9.59 Å². The van der Waals surface area contributed by atoms with E-state index in [0.717, 1.165) is 11.1 Å². The van der Waals surface area contributed by atoms with E-state index in [2.05, 4.69) is 18.5 Å². The molecule has 4 nitrogen and oxygen atoms in total. The van der Waals surface area contributed by atoms with Crippen molar-refractivity contribution in [1.29, 1.82) is 0 Å². The first-order valence-corrected chi connectivity index (χ1v) is 7.33. The fourth-order valence-corrected chi connectivity index (χ4v) is 2.20. The number of rotatable bonds is 6. The van der Waals surface area contributed by atoms with Crippen molar-refractivity contribution in [3.8, 4) is 0 Å². The SMILES string of the molecule is C=CCN(CC=C)C(=O)C(=O)Nc1c(C)cccc1C(C)C. The van der Waals surface area contributed by atoms with Gasteiger partial charge in [0.2, 0.25) is 0 Å². The monoisotopic (exact) mass is 300 g/mol. The Morgan fingerprint density at radius 1 is 1.23 bits per heavy atom. The fourth-order valence-electron chi connectivity index (χ4n) is 2.20. The first-order valence-electron chi connectivity index (χ1n) is 7.33. The predicted molar refractivity (Wildman–Crippen MR) is 90.9 cm³/mol. The Bertz CT molecular complexity index is 566. The van der Waals surface area contributed by atoms with Gasteiger partial charge in [0, 0.05) is 18.8 Å². The number of hydrogen-bond donors (Lipinski definition) is 1. The van der Waals surface area contributed by atoms with Gasteiger partial charge in [-0.05, 0) is 24.0 Å². The number of carbonyl (C=O) groups excluding carboxylic acids is 2. The zero-order valence-electron chi connectivity index (χ0n) is 13.6. The number of nitrogens with one attached hydrogen (secondary N) is 1. The molecule has 0 saturated heterocycles. The molecule has 0 heterocycles. The molecule has 22 heavy (non-hydrogen) atoms. The maximum atomic E-state index is 12.3. The Labute approximate surface area is 132 Å². The molecule has 1 N–H and O–H groups in total. The maximum Gasteiger partial charge on any atom is 0.313 e. The van der Waals surface area contributed by atoms with Crippen molar-refractivity contribution < 1.29 is 9.59 Å². The van der Waals surface area contributed by atoms with Gasteiger partial charge >= 0.3 is 11.8 Å². The smallest absolute Gasteiger partial charge is 0.313 e. The molecule has 0 aliphatic heterocycles. The molecule has 4 heteroatoms. The van der Waals surface area contributed by atoms with Crippen LogP contribution in [0.4, 0.5) is 5.69 Å². The van der Waals surface area contributed by atoms with Gasteiger partial charge < -0.3 is 10.2 Å². The summed E-state index contributed by atoms with van der Waals surface area (Å²) in [7, 11) is 0. The zero-order valence-corrected chi connectivity index (χ0v) is 13.6. The Morgan fingerprint density at radius 2 is 1.82 bits per heavy atom. The number of hydrogen-bond acceptors (Lipinski definition) is 2. The molecule has 1 aromatic rings. The Morgan fingerprint density at radius 3 is 2.32 bits per heavy atom. The molecule has 118 valence electrons. The van der Waals surface area contributed by atoms with Gasteiger partial charge in [0.25, 0.3) is 0 Å². The summed E-state index contributed by atoms with van der Waals surface area (Å²) in [5, 5.41) is 2.76. The van der Waals surface area contributed by atoms with Gasteiger partial charge in [0.05, 0.1) is 0 Å². The van der Waals surface area contributed by atoms with Crippen LogP contribution in [0.2, 0.25) is 0 Å². The highest BCUT2D eigenvalue weighted by atomic mass is 16.2. The van der Waals surface area contributed by atoms with E-state index in [1.165, 1.54) is 4.90 Å². The predicted octanol–water partition coefficient (Wildman–Crippen LogP) is 3.26. The maximum absolute atomic E-state index is 12.3. The van der Waals surface area contributed by atoms with Crippen LogP contribution in [-0.2, 0) is 9.59 Å². The molecule has 0 bridgehead atoms. The first kappa shape index (κ1) is 17.7. The molecule has 0 atom stereocenters. The highest BCUT2D eigenvalue weighted by Crippen LogP contribution is 2.27. The van der Waals surface area contributed by atoms with Crippen LogP contribution in [0.1, 0.15) is 30.9 Å². The van der Waals surface area contributed by atoms with Crippen molar-refractivity contribution in [2.24, 2.45) is 0 Å². The van der Waals surface area contributed by atoms with E-state index >= 15 is 0 Å². The van der Waals surface area contributed by atoms with Crippen LogP contribution in [0.5, 0.6) is 0 Å². The van der Waals surface area contributed by atoms with Crippen LogP contribution in [0.25, 0.3) is 0 Å². The molecule has 0 saturated carbocycles. The van der Waals surface area contributed by atoms with Crippen LogP contribution in [0.3, 0.4) is 0 Å². The second kappa shape index (κ2) is 8.17. The molecule has 0 spiro atoms. The summed E-state index contributed by atoms with van der Waals surface area (Å²) in [4.78, 5) is 25.9. The summed E-state index contributed by atoms with van der Waals surface area (Å²) < 4.78 is 0. The van der Waals surface area contributed by atoms with Crippen LogP contribution >= 0.6 is 0 Å². The van der Waals surface area contributed by atoms with Gasteiger partial charge in [0.1, 0.15) is 0 Å².